The molecule has 2 aromatic rings. The van der Waals surface area contributed by atoms with Crippen molar-refractivity contribution in [3.8, 4) is 0 Å². The van der Waals surface area contributed by atoms with Crippen molar-refractivity contribution in [1.29, 1.82) is 0 Å². The Labute approximate surface area is 139 Å². The van der Waals surface area contributed by atoms with Gasteiger partial charge in [-0.15, -0.1) is 11.6 Å². The largest absolute Gasteiger partial charge is 0.301 e. The number of halogens is 2. The van der Waals surface area contributed by atoms with Gasteiger partial charge in [-0.25, -0.2) is 0 Å². The quantitative estimate of drug-likeness (QED) is 0.757. The molecule has 0 aliphatic rings. The van der Waals surface area contributed by atoms with Crippen LogP contribution in [0.25, 0.3) is 0 Å². The molecule has 8 heteroatoms. The fraction of sp³-hybridized carbons (Fsp3) is 0.500. The Balaban J connectivity index is 2.34. The number of anilines is 1. The first-order chi connectivity index (χ1) is 10.5. The molecule has 0 fully saturated rings. The summed E-state index contributed by atoms with van der Waals surface area (Å²) in [6.45, 7) is 4.53. The minimum absolute atomic E-state index is 0.122. The number of nitrogens with zero attached hydrogens (tertiary/aromatic N) is 5. The number of aryl methyl sites for hydroxylation is 1. The van der Waals surface area contributed by atoms with Crippen LogP contribution in [0.3, 0.4) is 0 Å². The first-order valence-corrected chi connectivity index (χ1v) is 7.97. The number of hydrogen-bond acceptors (Lipinski definition) is 3. The van der Waals surface area contributed by atoms with Gasteiger partial charge in [0.05, 0.1) is 18.4 Å². The van der Waals surface area contributed by atoms with Crippen LogP contribution in [0, 0.1) is 0 Å². The molecule has 0 N–H and O–H groups in total. The third-order valence-corrected chi connectivity index (χ3v) is 4.05. The summed E-state index contributed by atoms with van der Waals surface area (Å²) in [6.07, 6.45) is 4.39. The highest BCUT2D eigenvalue weighted by molar-refractivity contribution is 6.34. The zero-order chi connectivity index (χ0) is 16.3. The summed E-state index contributed by atoms with van der Waals surface area (Å²) in [5, 5.41) is 8.69. The third-order valence-electron chi connectivity index (χ3n) is 3.55. The molecular formula is C14H19Cl2N5O. The van der Waals surface area contributed by atoms with Crippen molar-refractivity contribution in [2.75, 3.05) is 10.8 Å². The second-order valence-electron chi connectivity index (χ2n) is 5.12. The zero-order valence-corrected chi connectivity index (χ0v) is 14.3. The van der Waals surface area contributed by atoms with E-state index in [0.29, 0.717) is 12.2 Å². The molecule has 0 aliphatic carbocycles. The van der Waals surface area contributed by atoms with Crippen molar-refractivity contribution in [2.24, 2.45) is 7.05 Å². The van der Waals surface area contributed by atoms with Gasteiger partial charge in [-0.05, 0) is 19.4 Å². The van der Waals surface area contributed by atoms with Gasteiger partial charge in [-0.1, -0.05) is 18.5 Å². The van der Waals surface area contributed by atoms with E-state index >= 15 is 0 Å². The zero-order valence-electron chi connectivity index (χ0n) is 12.8. The molecule has 120 valence electrons. The molecule has 0 aliphatic heterocycles. The van der Waals surface area contributed by atoms with Crippen molar-refractivity contribution in [3.63, 3.8) is 0 Å². The van der Waals surface area contributed by atoms with Gasteiger partial charge < -0.3 is 4.90 Å². The molecule has 0 saturated carbocycles. The lowest BCUT2D eigenvalue weighted by Crippen LogP contribution is -2.32. The number of hydrogen-bond donors (Lipinski definition) is 0. The van der Waals surface area contributed by atoms with Crippen LogP contribution in [-0.4, -0.2) is 31.3 Å². The van der Waals surface area contributed by atoms with Crippen LogP contribution in [-0.2, 0) is 18.4 Å². The van der Waals surface area contributed by atoms with Crippen molar-refractivity contribution in [3.05, 3.63) is 29.3 Å². The van der Waals surface area contributed by atoms with Gasteiger partial charge >= 0.3 is 0 Å². The Morgan fingerprint density at radius 2 is 2.23 bits per heavy atom. The van der Waals surface area contributed by atoms with E-state index < -0.39 is 0 Å². The standard InChI is InChI=1S/C14H19Cl2N5O/c1-4-10(2)21-11(5-6-17-21)8-20(13(22)7-15)12-9-19(3)18-14(12)16/h5-6,9-10H,4,7-8H2,1-3H3. The lowest BCUT2D eigenvalue weighted by molar-refractivity contribution is -0.116. The summed E-state index contributed by atoms with van der Waals surface area (Å²) in [5.74, 6) is -0.351. The number of carbonyl (C=O) groups is 1. The maximum atomic E-state index is 12.2. The number of rotatable bonds is 6. The van der Waals surface area contributed by atoms with Gasteiger partial charge in [0.15, 0.2) is 5.15 Å². The monoisotopic (exact) mass is 343 g/mol. The van der Waals surface area contributed by atoms with Crippen LogP contribution in [0.5, 0.6) is 0 Å². The summed E-state index contributed by atoms with van der Waals surface area (Å²) in [6, 6.07) is 2.15. The summed E-state index contributed by atoms with van der Waals surface area (Å²) in [7, 11) is 1.75. The average Bonchev–Trinajstić information content (AvgIpc) is 3.09. The average molecular weight is 344 g/mol. The minimum Gasteiger partial charge on any atom is -0.301 e. The summed E-state index contributed by atoms with van der Waals surface area (Å²) >= 11 is 11.9. The van der Waals surface area contributed by atoms with Crippen LogP contribution < -0.4 is 4.90 Å². The molecule has 0 spiro atoms. The molecule has 0 bridgehead atoms. The smallest absolute Gasteiger partial charge is 0.242 e. The highest BCUT2D eigenvalue weighted by atomic mass is 35.5. The SMILES string of the molecule is CCC(C)n1nccc1CN(C(=O)CCl)c1cn(C)nc1Cl. The predicted octanol–water partition coefficient (Wildman–Crippen LogP) is 3.01. The molecule has 0 aromatic carbocycles. The van der Waals surface area contributed by atoms with Crippen molar-refractivity contribution in [2.45, 2.75) is 32.9 Å². The van der Waals surface area contributed by atoms with Crippen molar-refractivity contribution >= 4 is 34.8 Å². The lowest BCUT2D eigenvalue weighted by Gasteiger charge is -2.22. The summed E-state index contributed by atoms with van der Waals surface area (Å²) < 4.78 is 3.48. The topological polar surface area (TPSA) is 56.0 Å². The molecular weight excluding hydrogens is 325 g/mol. The lowest BCUT2D eigenvalue weighted by atomic mass is 10.2. The van der Waals surface area contributed by atoms with Crippen LogP contribution in [0.2, 0.25) is 5.15 Å². The van der Waals surface area contributed by atoms with Crippen molar-refractivity contribution in [1.82, 2.24) is 19.6 Å². The van der Waals surface area contributed by atoms with Gasteiger partial charge in [0, 0.05) is 19.3 Å². The van der Waals surface area contributed by atoms with E-state index in [0.717, 1.165) is 12.1 Å². The Morgan fingerprint density at radius 1 is 1.50 bits per heavy atom. The first-order valence-electron chi connectivity index (χ1n) is 7.05. The summed E-state index contributed by atoms with van der Waals surface area (Å²) in [5.41, 5.74) is 1.47. The number of aromatic nitrogens is 4. The fourth-order valence-corrected chi connectivity index (χ4v) is 2.62. The van der Waals surface area contributed by atoms with E-state index in [2.05, 4.69) is 24.0 Å². The molecule has 6 nitrogen and oxygen atoms in total. The van der Waals surface area contributed by atoms with Crippen molar-refractivity contribution < 1.29 is 4.79 Å². The maximum Gasteiger partial charge on any atom is 0.242 e. The second-order valence-corrected chi connectivity index (χ2v) is 5.74. The van der Waals surface area contributed by atoms with E-state index in [1.807, 2.05) is 10.7 Å². The Hall–Kier alpha value is -1.53. The number of carbonyl (C=O) groups excluding carboxylic acids is 1. The second kappa shape index (κ2) is 7.15. The Morgan fingerprint density at radius 3 is 2.77 bits per heavy atom. The van der Waals surface area contributed by atoms with E-state index in [9.17, 15) is 4.79 Å². The van der Waals surface area contributed by atoms with Crippen LogP contribution in [0.15, 0.2) is 18.5 Å². The molecule has 22 heavy (non-hydrogen) atoms. The van der Waals surface area contributed by atoms with Gasteiger partial charge in [0.1, 0.15) is 11.6 Å². The molecule has 0 radical (unpaired) electrons. The highest BCUT2D eigenvalue weighted by Crippen LogP contribution is 2.26. The minimum atomic E-state index is -0.228. The van der Waals surface area contributed by atoms with Gasteiger partial charge in [0.2, 0.25) is 5.91 Å². The summed E-state index contributed by atoms with van der Waals surface area (Å²) in [4.78, 5) is 13.8. The molecule has 2 heterocycles. The molecule has 1 unspecified atom stereocenters. The van der Waals surface area contributed by atoms with Gasteiger partial charge in [-0.3, -0.25) is 14.2 Å². The normalized spacial score (nSPS) is 12.4. The van der Waals surface area contributed by atoms with Crippen LogP contribution in [0.4, 0.5) is 5.69 Å². The molecule has 1 amide bonds. The van der Waals surface area contributed by atoms with E-state index in [1.54, 1.807) is 24.1 Å². The number of amides is 1. The fourth-order valence-electron chi connectivity index (χ4n) is 2.21. The Bertz CT molecular complexity index is 651. The maximum absolute atomic E-state index is 12.2. The van der Waals surface area contributed by atoms with Gasteiger partial charge in [0.25, 0.3) is 0 Å². The molecule has 1 atom stereocenters. The first kappa shape index (κ1) is 16.8. The third kappa shape index (κ3) is 3.44. The highest BCUT2D eigenvalue weighted by Gasteiger charge is 2.22. The van der Waals surface area contributed by atoms with Crippen LogP contribution in [0.1, 0.15) is 32.0 Å². The van der Waals surface area contributed by atoms with Crippen LogP contribution >= 0.6 is 23.2 Å². The molecule has 0 saturated heterocycles. The molecule has 2 rings (SSSR count). The number of alkyl halides is 1. The van der Waals surface area contributed by atoms with E-state index in [1.165, 1.54) is 4.90 Å². The molecule has 2 aromatic heterocycles. The Kier molecular flexibility index (Phi) is 5.47. The predicted molar refractivity (Wildman–Crippen MR) is 87.4 cm³/mol. The van der Waals surface area contributed by atoms with Gasteiger partial charge in [-0.2, -0.15) is 10.2 Å². The van der Waals surface area contributed by atoms with E-state index in [4.69, 9.17) is 23.2 Å². The van der Waals surface area contributed by atoms with E-state index in [-0.39, 0.29) is 23.0 Å².